The van der Waals surface area contributed by atoms with Gasteiger partial charge in [-0.2, -0.15) is 0 Å². The molecule has 0 heterocycles. The molecule has 2 fully saturated rings. The highest BCUT2D eigenvalue weighted by molar-refractivity contribution is 5.80. The maximum absolute atomic E-state index is 11.8. The average Bonchev–Trinajstić information content (AvgIpc) is 3.25. The summed E-state index contributed by atoms with van der Waals surface area (Å²) in [5, 5.41) is 9.70. The molecule has 0 aliphatic heterocycles. The van der Waals surface area contributed by atoms with Crippen molar-refractivity contribution in [2.75, 3.05) is 6.61 Å². The summed E-state index contributed by atoms with van der Waals surface area (Å²) in [5.74, 6) is -0.126. The lowest BCUT2D eigenvalue weighted by Gasteiger charge is -2.30. The first-order chi connectivity index (χ1) is 8.73. The first-order valence-electron chi connectivity index (χ1n) is 6.66. The summed E-state index contributed by atoms with van der Waals surface area (Å²) in [5.41, 5.74) is -0.315. The largest absolute Gasteiger partial charge is 0.479 e. The SMILES string of the molecule is O=C(O)C(OCC1CC1)(c1ccccc1)C1CC1. The van der Waals surface area contributed by atoms with Crippen LogP contribution in [0.5, 0.6) is 0 Å². The molecule has 18 heavy (non-hydrogen) atoms. The van der Waals surface area contributed by atoms with Crippen LogP contribution in [0.1, 0.15) is 31.2 Å². The monoisotopic (exact) mass is 246 g/mol. The number of aliphatic carboxylic acids is 1. The van der Waals surface area contributed by atoms with E-state index < -0.39 is 11.6 Å². The molecule has 1 N–H and O–H groups in total. The average molecular weight is 246 g/mol. The highest BCUT2D eigenvalue weighted by atomic mass is 16.5. The van der Waals surface area contributed by atoms with Crippen LogP contribution in [-0.4, -0.2) is 17.7 Å². The molecule has 0 saturated heterocycles. The molecule has 2 saturated carbocycles. The topological polar surface area (TPSA) is 46.5 Å². The van der Waals surface area contributed by atoms with Crippen molar-refractivity contribution in [3.63, 3.8) is 0 Å². The van der Waals surface area contributed by atoms with Crippen LogP contribution in [0.15, 0.2) is 30.3 Å². The van der Waals surface area contributed by atoms with Gasteiger partial charge in [0.05, 0.1) is 6.61 Å². The van der Waals surface area contributed by atoms with Gasteiger partial charge in [0.2, 0.25) is 0 Å². The molecule has 3 heteroatoms. The Bertz CT molecular complexity index is 434. The Labute approximate surface area is 107 Å². The molecule has 1 aromatic rings. The standard InChI is InChI=1S/C15H18O3/c16-14(17)15(13-8-9-13,18-10-11-6-7-11)12-4-2-1-3-5-12/h1-5,11,13H,6-10H2,(H,16,17). The molecule has 2 aliphatic rings. The number of hydrogen-bond acceptors (Lipinski definition) is 2. The molecular formula is C15H18O3. The van der Waals surface area contributed by atoms with Crippen molar-refractivity contribution < 1.29 is 14.6 Å². The van der Waals surface area contributed by atoms with Crippen LogP contribution in [-0.2, 0) is 15.1 Å². The van der Waals surface area contributed by atoms with Crippen LogP contribution in [0.3, 0.4) is 0 Å². The van der Waals surface area contributed by atoms with Gasteiger partial charge in [0, 0.05) is 5.92 Å². The molecule has 96 valence electrons. The lowest BCUT2D eigenvalue weighted by atomic mass is 9.88. The highest BCUT2D eigenvalue weighted by Gasteiger charge is 2.54. The van der Waals surface area contributed by atoms with Gasteiger partial charge < -0.3 is 9.84 Å². The summed E-state index contributed by atoms with van der Waals surface area (Å²) >= 11 is 0. The normalized spacial score (nSPS) is 22.4. The molecule has 1 aromatic carbocycles. The second-order valence-electron chi connectivity index (χ2n) is 5.44. The van der Waals surface area contributed by atoms with E-state index in [0.29, 0.717) is 12.5 Å². The second kappa shape index (κ2) is 4.39. The minimum Gasteiger partial charge on any atom is -0.479 e. The van der Waals surface area contributed by atoms with Crippen LogP contribution < -0.4 is 0 Å². The van der Waals surface area contributed by atoms with Gasteiger partial charge in [0.1, 0.15) is 0 Å². The first-order valence-corrected chi connectivity index (χ1v) is 6.66. The molecule has 1 atom stereocenters. The predicted molar refractivity (Wildman–Crippen MR) is 67.2 cm³/mol. The molecule has 2 aliphatic carbocycles. The summed E-state index contributed by atoms with van der Waals surface area (Å²) in [4.78, 5) is 11.8. The van der Waals surface area contributed by atoms with E-state index in [1.165, 1.54) is 12.8 Å². The zero-order valence-electron chi connectivity index (χ0n) is 10.3. The Kier molecular flexibility index (Phi) is 2.86. The quantitative estimate of drug-likeness (QED) is 0.839. The van der Waals surface area contributed by atoms with E-state index in [1.54, 1.807) is 0 Å². The zero-order valence-corrected chi connectivity index (χ0v) is 10.3. The molecule has 0 radical (unpaired) electrons. The number of ether oxygens (including phenoxy) is 1. The van der Waals surface area contributed by atoms with Gasteiger partial charge >= 0.3 is 5.97 Å². The van der Waals surface area contributed by atoms with Crippen LogP contribution in [0.4, 0.5) is 0 Å². The predicted octanol–water partition coefficient (Wildman–Crippen LogP) is 2.80. The number of rotatable bonds is 6. The molecule has 3 rings (SSSR count). The summed E-state index contributed by atoms with van der Waals surface area (Å²) < 4.78 is 5.93. The Balaban J connectivity index is 1.91. The van der Waals surface area contributed by atoms with E-state index in [0.717, 1.165) is 18.4 Å². The van der Waals surface area contributed by atoms with Crippen LogP contribution in [0.25, 0.3) is 0 Å². The van der Waals surface area contributed by atoms with E-state index in [4.69, 9.17) is 4.74 Å². The van der Waals surface area contributed by atoms with Gasteiger partial charge in [-0.15, -0.1) is 0 Å². The number of carbonyl (C=O) groups is 1. The lowest BCUT2D eigenvalue weighted by Crippen LogP contribution is -2.41. The van der Waals surface area contributed by atoms with Crippen molar-refractivity contribution in [3.05, 3.63) is 35.9 Å². The van der Waals surface area contributed by atoms with Crippen molar-refractivity contribution >= 4 is 5.97 Å². The Hall–Kier alpha value is -1.35. The van der Waals surface area contributed by atoms with E-state index in [9.17, 15) is 9.90 Å². The molecular weight excluding hydrogens is 228 g/mol. The fraction of sp³-hybridized carbons (Fsp3) is 0.533. The van der Waals surface area contributed by atoms with Crippen molar-refractivity contribution in [3.8, 4) is 0 Å². The molecule has 0 bridgehead atoms. The Morgan fingerprint density at radius 1 is 1.22 bits per heavy atom. The van der Waals surface area contributed by atoms with Gasteiger partial charge in [-0.3, -0.25) is 0 Å². The minimum absolute atomic E-state index is 0.135. The van der Waals surface area contributed by atoms with Crippen LogP contribution >= 0.6 is 0 Å². The maximum Gasteiger partial charge on any atom is 0.340 e. The van der Waals surface area contributed by atoms with E-state index in [2.05, 4.69) is 0 Å². The van der Waals surface area contributed by atoms with Crippen molar-refractivity contribution in [2.45, 2.75) is 31.3 Å². The van der Waals surface area contributed by atoms with E-state index in [-0.39, 0.29) is 5.92 Å². The summed E-state index contributed by atoms with van der Waals surface area (Å²) in [6.07, 6.45) is 4.25. The fourth-order valence-electron chi connectivity index (χ4n) is 2.51. The number of carboxylic acid groups (broad SMARTS) is 1. The number of benzene rings is 1. The molecule has 0 spiro atoms. The second-order valence-corrected chi connectivity index (χ2v) is 5.44. The summed E-state index contributed by atoms with van der Waals surface area (Å²) in [6.45, 7) is 0.581. The fourth-order valence-corrected chi connectivity index (χ4v) is 2.51. The summed E-state index contributed by atoms with van der Waals surface area (Å²) in [6, 6.07) is 9.42. The third-order valence-electron chi connectivity index (χ3n) is 3.92. The minimum atomic E-state index is -1.11. The lowest BCUT2D eigenvalue weighted by molar-refractivity contribution is -0.172. The van der Waals surface area contributed by atoms with Crippen molar-refractivity contribution in [2.24, 2.45) is 11.8 Å². The first kappa shape index (κ1) is 11.7. The molecule has 0 aromatic heterocycles. The molecule has 1 unspecified atom stereocenters. The van der Waals surface area contributed by atoms with Gasteiger partial charge in [-0.1, -0.05) is 30.3 Å². The third kappa shape index (κ3) is 2.03. The van der Waals surface area contributed by atoms with Gasteiger partial charge in [-0.25, -0.2) is 4.79 Å². The van der Waals surface area contributed by atoms with Crippen molar-refractivity contribution in [1.82, 2.24) is 0 Å². The van der Waals surface area contributed by atoms with Crippen LogP contribution in [0, 0.1) is 11.8 Å². The Morgan fingerprint density at radius 3 is 2.39 bits per heavy atom. The molecule has 0 amide bonds. The number of hydrogen-bond donors (Lipinski definition) is 1. The summed E-state index contributed by atoms with van der Waals surface area (Å²) in [7, 11) is 0. The molecule has 3 nitrogen and oxygen atoms in total. The zero-order chi connectivity index (χ0) is 12.6. The number of carboxylic acids is 1. The Morgan fingerprint density at radius 2 is 1.89 bits per heavy atom. The van der Waals surface area contributed by atoms with Crippen molar-refractivity contribution in [1.29, 1.82) is 0 Å². The van der Waals surface area contributed by atoms with E-state index in [1.807, 2.05) is 30.3 Å². The van der Waals surface area contributed by atoms with Gasteiger partial charge in [-0.05, 0) is 37.2 Å². The third-order valence-corrected chi connectivity index (χ3v) is 3.92. The van der Waals surface area contributed by atoms with E-state index >= 15 is 0 Å². The highest BCUT2D eigenvalue weighted by Crippen LogP contribution is 2.49. The smallest absolute Gasteiger partial charge is 0.340 e. The van der Waals surface area contributed by atoms with Gasteiger partial charge in [0.25, 0.3) is 0 Å². The maximum atomic E-state index is 11.8. The van der Waals surface area contributed by atoms with Gasteiger partial charge in [0.15, 0.2) is 5.60 Å². The van der Waals surface area contributed by atoms with Crippen LogP contribution in [0.2, 0.25) is 0 Å².